The maximum atomic E-state index is 4.53. The van der Waals surface area contributed by atoms with E-state index < -0.39 is 0 Å². The zero-order valence-electron chi connectivity index (χ0n) is 15.3. The fraction of sp³-hybridized carbons (Fsp3) is 0.650. The van der Waals surface area contributed by atoms with Crippen LogP contribution < -0.4 is 5.32 Å². The van der Waals surface area contributed by atoms with Gasteiger partial charge in [0.15, 0.2) is 5.96 Å². The summed E-state index contributed by atoms with van der Waals surface area (Å²) >= 11 is 0. The van der Waals surface area contributed by atoms with Gasteiger partial charge in [0, 0.05) is 44.7 Å². The third-order valence-corrected chi connectivity index (χ3v) is 5.85. The molecule has 1 spiro atoms. The van der Waals surface area contributed by atoms with E-state index in [0.29, 0.717) is 11.5 Å². The molecule has 138 valence electrons. The van der Waals surface area contributed by atoms with Gasteiger partial charge >= 0.3 is 0 Å². The second-order valence-electron chi connectivity index (χ2n) is 7.94. The molecule has 0 aromatic heterocycles. The minimum absolute atomic E-state index is 0. The normalized spacial score (nSPS) is 27.4. The molecule has 0 amide bonds. The van der Waals surface area contributed by atoms with Gasteiger partial charge in [0.2, 0.25) is 0 Å². The van der Waals surface area contributed by atoms with Gasteiger partial charge in [-0.15, -0.1) is 24.0 Å². The monoisotopic (exact) mass is 454 g/mol. The number of nitrogens with zero attached hydrogens (tertiary/aromatic N) is 3. The molecule has 2 heterocycles. The Balaban J connectivity index is 0.00000182. The van der Waals surface area contributed by atoms with Crippen molar-refractivity contribution < 1.29 is 0 Å². The molecular weight excluding hydrogens is 423 g/mol. The van der Waals surface area contributed by atoms with Crippen LogP contribution in [0.4, 0.5) is 0 Å². The Morgan fingerprint density at radius 2 is 1.96 bits per heavy atom. The number of benzene rings is 1. The second kappa shape index (κ2) is 8.25. The first-order chi connectivity index (χ1) is 11.8. The first-order valence-corrected chi connectivity index (χ1v) is 9.51. The number of nitrogens with one attached hydrogen (secondary N) is 1. The lowest BCUT2D eigenvalue weighted by Gasteiger charge is -2.40. The molecule has 1 N–H and O–H groups in total. The molecule has 1 atom stereocenters. The highest BCUT2D eigenvalue weighted by atomic mass is 127. The van der Waals surface area contributed by atoms with Crippen molar-refractivity contribution in [1.29, 1.82) is 0 Å². The van der Waals surface area contributed by atoms with Crippen LogP contribution in [-0.4, -0.2) is 55.0 Å². The van der Waals surface area contributed by atoms with E-state index in [9.17, 15) is 0 Å². The van der Waals surface area contributed by atoms with Gasteiger partial charge in [0.1, 0.15) is 0 Å². The number of halogens is 1. The fourth-order valence-corrected chi connectivity index (χ4v) is 4.44. The van der Waals surface area contributed by atoms with Crippen molar-refractivity contribution in [1.82, 2.24) is 15.1 Å². The first-order valence-electron chi connectivity index (χ1n) is 9.51. The first kappa shape index (κ1) is 19.0. The summed E-state index contributed by atoms with van der Waals surface area (Å²) in [5, 5.41) is 3.62. The number of rotatable bonds is 3. The van der Waals surface area contributed by atoms with Crippen LogP contribution in [0.5, 0.6) is 0 Å². The average molecular weight is 454 g/mol. The minimum atomic E-state index is 0. The molecule has 2 saturated heterocycles. The highest BCUT2D eigenvalue weighted by Crippen LogP contribution is 2.39. The van der Waals surface area contributed by atoms with Crippen LogP contribution in [0.2, 0.25) is 0 Å². The van der Waals surface area contributed by atoms with E-state index in [2.05, 4.69) is 50.4 Å². The molecular formula is C20H31IN4. The van der Waals surface area contributed by atoms with E-state index in [1.807, 2.05) is 7.05 Å². The summed E-state index contributed by atoms with van der Waals surface area (Å²) < 4.78 is 0. The summed E-state index contributed by atoms with van der Waals surface area (Å²) in [7, 11) is 1.93. The Morgan fingerprint density at radius 1 is 1.16 bits per heavy atom. The van der Waals surface area contributed by atoms with Crippen molar-refractivity contribution in [3.05, 3.63) is 35.9 Å². The van der Waals surface area contributed by atoms with Crippen LogP contribution in [0, 0.1) is 5.41 Å². The van der Waals surface area contributed by atoms with Crippen LogP contribution >= 0.6 is 24.0 Å². The van der Waals surface area contributed by atoms with Crippen LogP contribution in [0.25, 0.3) is 0 Å². The zero-order chi connectivity index (χ0) is 16.4. The summed E-state index contributed by atoms with van der Waals surface area (Å²) in [6.45, 7) is 5.90. The zero-order valence-corrected chi connectivity index (χ0v) is 17.6. The van der Waals surface area contributed by atoms with E-state index in [1.165, 1.54) is 57.3 Å². The summed E-state index contributed by atoms with van der Waals surface area (Å²) in [5.41, 5.74) is 1.91. The molecule has 0 radical (unpaired) electrons. The Hall–Kier alpha value is -0.820. The SMILES string of the molecule is CN=C(NC1CC1)N1CCC2(CCCN(Cc3ccccc3)C2)C1.I. The van der Waals surface area contributed by atoms with Gasteiger partial charge in [-0.25, -0.2) is 0 Å². The van der Waals surface area contributed by atoms with E-state index in [0.717, 1.165) is 19.0 Å². The molecule has 1 aromatic rings. The maximum absolute atomic E-state index is 4.53. The standard InChI is InChI=1S/C20H30N4.HI/c1-21-19(22-18-8-9-18)24-13-11-20(16-24)10-5-12-23(15-20)14-17-6-3-2-4-7-17;/h2-4,6-7,18H,5,8-16H2,1H3,(H,21,22);1H. The molecule has 25 heavy (non-hydrogen) atoms. The number of hydrogen-bond acceptors (Lipinski definition) is 2. The van der Waals surface area contributed by atoms with E-state index in [-0.39, 0.29) is 24.0 Å². The molecule has 1 aromatic carbocycles. The van der Waals surface area contributed by atoms with Crippen molar-refractivity contribution in [2.45, 2.75) is 44.7 Å². The molecule has 3 aliphatic rings. The van der Waals surface area contributed by atoms with Gasteiger partial charge in [0.05, 0.1) is 0 Å². The number of piperidine rings is 1. The molecule has 3 fully saturated rings. The van der Waals surface area contributed by atoms with Crippen molar-refractivity contribution in [2.75, 3.05) is 33.2 Å². The van der Waals surface area contributed by atoms with Crippen molar-refractivity contribution in [2.24, 2.45) is 10.4 Å². The number of guanidine groups is 1. The van der Waals surface area contributed by atoms with Crippen molar-refractivity contribution >= 4 is 29.9 Å². The molecule has 5 heteroatoms. The smallest absolute Gasteiger partial charge is 0.193 e. The summed E-state index contributed by atoms with van der Waals surface area (Å²) in [4.78, 5) is 9.70. The lowest BCUT2D eigenvalue weighted by atomic mass is 9.79. The summed E-state index contributed by atoms with van der Waals surface area (Å²) in [5.74, 6) is 1.13. The van der Waals surface area contributed by atoms with Gasteiger partial charge in [0.25, 0.3) is 0 Å². The van der Waals surface area contributed by atoms with E-state index >= 15 is 0 Å². The maximum Gasteiger partial charge on any atom is 0.193 e. The quantitative estimate of drug-likeness (QED) is 0.432. The van der Waals surface area contributed by atoms with Gasteiger partial charge in [-0.1, -0.05) is 30.3 Å². The van der Waals surface area contributed by atoms with Crippen LogP contribution in [0.1, 0.15) is 37.7 Å². The average Bonchev–Trinajstić information content (AvgIpc) is 3.34. The molecule has 2 aliphatic heterocycles. The number of aliphatic imine (C=N–C) groups is 1. The molecule has 1 aliphatic carbocycles. The topological polar surface area (TPSA) is 30.9 Å². The largest absolute Gasteiger partial charge is 0.354 e. The molecule has 4 nitrogen and oxygen atoms in total. The molecule has 1 saturated carbocycles. The minimum Gasteiger partial charge on any atom is -0.354 e. The molecule has 1 unspecified atom stereocenters. The highest BCUT2D eigenvalue weighted by Gasteiger charge is 2.42. The third-order valence-electron chi connectivity index (χ3n) is 5.85. The van der Waals surface area contributed by atoms with Gasteiger partial charge < -0.3 is 10.2 Å². The van der Waals surface area contributed by atoms with Crippen molar-refractivity contribution in [3.8, 4) is 0 Å². The lowest BCUT2D eigenvalue weighted by molar-refractivity contribution is 0.0926. The Kier molecular flexibility index (Phi) is 6.25. The predicted molar refractivity (Wildman–Crippen MR) is 115 cm³/mol. The van der Waals surface area contributed by atoms with E-state index in [4.69, 9.17) is 0 Å². The molecule has 0 bridgehead atoms. The summed E-state index contributed by atoms with van der Waals surface area (Å²) in [6.07, 6.45) is 6.62. The number of hydrogen-bond donors (Lipinski definition) is 1. The van der Waals surface area contributed by atoms with Gasteiger partial charge in [-0.3, -0.25) is 9.89 Å². The molecule has 4 rings (SSSR count). The Bertz CT molecular complexity index is 587. The Labute approximate surface area is 169 Å². The van der Waals surface area contributed by atoms with E-state index in [1.54, 1.807) is 0 Å². The fourth-order valence-electron chi connectivity index (χ4n) is 4.44. The predicted octanol–water partition coefficient (Wildman–Crippen LogP) is 3.33. The summed E-state index contributed by atoms with van der Waals surface area (Å²) in [6, 6.07) is 11.6. The van der Waals surface area contributed by atoms with Gasteiger partial charge in [-0.2, -0.15) is 0 Å². The third kappa shape index (κ3) is 4.67. The van der Waals surface area contributed by atoms with Crippen LogP contribution in [0.3, 0.4) is 0 Å². The highest BCUT2D eigenvalue weighted by molar-refractivity contribution is 14.0. The second-order valence-corrected chi connectivity index (χ2v) is 7.94. The van der Waals surface area contributed by atoms with Gasteiger partial charge in [-0.05, 0) is 44.2 Å². The Morgan fingerprint density at radius 3 is 2.68 bits per heavy atom. The van der Waals surface area contributed by atoms with Crippen LogP contribution in [-0.2, 0) is 6.54 Å². The lowest BCUT2D eigenvalue weighted by Crippen LogP contribution is -2.47. The number of likely N-dealkylation sites (tertiary alicyclic amines) is 2. The van der Waals surface area contributed by atoms with Crippen molar-refractivity contribution in [3.63, 3.8) is 0 Å². The van der Waals surface area contributed by atoms with Crippen LogP contribution in [0.15, 0.2) is 35.3 Å².